The van der Waals surface area contributed by atoms with Crippen LogP contribution in [0.2, 0.25) is 0 Å². The van der Waals surface area contributed by atoms with Crippen molar-refractivity contribution in [3.8, 4) is 0 Å². The predicted molar refractivity (Wildman–Crippen MR) is 54.7 cm³/mol. The Balaban J connectivity index is 2.22. The molecule has 0 atom stereocenters. The molecule has 2 N–H and O–H groups in total. The lowest BCUT2D eigenvalue weighted by atomic mass is 10.2. The summed E-state index contributed by atoms with van der Waals surface area (Å²) in [6, 6.07) is 6.27. The summed E-state index contributed by atoms with van der Waals surface area (Å²) in [7, 11) is 0. The van der Waals surface area contributed by atoms with Crippen LogP contribution in [0.4, 0.5) is 10.2 Å². The van der Waals surface area contributed by atoms with E-state index in [1.807, 2.05) is 6.92 Å². The molecule has 0 radical (unpaired) electrons. The molecule has 0 bridgehead atoms. The topological polar surface area (TPSA) is 56.7 Å². The number of nitrogen functional groups attached to an aromatic ring is 1. The quantitative estimate of drug-likeness (QED) is 0.807. The summed E-state index contributed by atoms with van der Waals surface area (Å²) in [6.07, 6.45) is 0. The molecule has 2 rings (SSSR count). The van der Waals surface area contributed by atoms with Crippen LogP contribution in [-0.2, 0) is 6.54 Å². The summed E-state index contributed by atoms with van der Waals surface area (Å²) in [5, 5.41) is 7.63. The minimum Gasteiger partial charge on any atom is -0.381 e. The monoisotopic (exact) mass is 206 g/mol. The van der Waals surface area contributed by atoms with Crippen LogP contribution in [0.1, 0.15) is 11.3 Å². The minimum absolute atomic E-state index is 0.242. The van der Waals surface area contributed by atoms with Gasteiger partial charge >= 0.3 is 0 Å². The van der Waals surface area contributed by atoms with Gasteiger partial charge in [0.2, 0.25) is 0 Å². The Kier molecular flexibility index (Phi) is 2.37. The first-order valence-corrected chi connectivity index (χ1v) is 4.57. The summed E-state index contributed by atoms with van der Waals surface area (Å²) in [6.45, 7) is 2.40. The zero-order valence-corrected chi connectivity index (χ0v) is 8.31. The van der Waals surface area contributed by atoms with E-state index in [1.165, 1.54) is 12.1 Å². The van der Waals surface area contributed by atoms with E-state index < -0.39 is 0 Å². The van der Waals surface area contributed by atoms with Gasteiger partial charge in [-0.1, -0.05) is 17.3 Å². The Labute approximate surface area is 86.5 Å². The molecule has 0 aliphatic carbocycles. The Bertz CT molecular complexity index is 461. The molecular formula is C10H11FN4. The van der Waals surface area contributed by atoms with Crippen LogP contribution in [0.15, 0.2) is 24.3 Å². The first kappa shape index (κ1) is 9.64. The third-order valence-electron chi connectivity index (χ3n) is 2.26. The van der Waals surface area contributed by atoms with E-state index in [2.05, 4.69) is 10.3 Å². The van der Waals surface area contributed by atoms with Crippen LogP contribution in [-0.4, -0.2) is 15.0 Å². The highest BCUT2D eigenvalue weighted by molar-refractivity contribution is 5.31. The molecule has 0 fully saturated rings. The number of aromatic nitrogens is 3. The fraction of sp³-hybridized carbons (Fsp3) is 0.200. The summed E-state index contributed by atoms with van der Waals surface area (Å²) in [5.74, 6) is 0.186. The molecule has 0 aliphatic rings. The first-order chi connectivity index (χ1) is 7.16. The molecule has 1 heterocycles. The van der Waals surface area contributed by atoms with Crippen LogP contribution < -0.4 is 5.73 Å². The molecule has 0 spiro atoms. The standard InChI is InChI=1S/C10H11FN4/c1-7-10(12)13-14-15(7)6-8-2-4-9(11)5-3-8/h2-5H,6,12H2,1H3. The molecule has 1 aromatic heterocycles. The van der Waals surface area contributed by atoms with Gasteiger partial charge in [-0.15, -0.1) is 5.10 Å². The van der Waals surface area contributed by atoms with Crippen LogP contribution in [0.3, 0.4) is 0 Å². The van der Waals surface area contributed by atoms with Gasteiger partial charge in [-0.2, -0.15) is 0 Å². The van der Waals surface area contributed by atoms with Gasteiger partial charge in [0.1, 0.15) is 5.82 Å². The van der Waals surface area contributed by atoms with Crippen molar-refractivity contribution in [2.45, 2.75) is 13.5 Å². The molecule has 15 heavy (non-hydrogen) atoms. The summed E-state index contributed by atoms with van der Waals surface area (Å²) in [5.41, 5.74) is 7.35. The lowest BCUT2D eigenvalue weighted by Crippen LogP contribution is -2.04. The van der Waals surface area contributed by atoms with Crippen molar-refractivity contribution in [3.05, 3.63) is 41.3 Å². The van der Waals surface area contributed by atoms with E-state index in [9.17, 15) is 4.39 Å². The average molecular weight is 206 g/mol. The van der Waals surface area contributed by atoms with Crippen molar-refractivity contribution >= 4 is 5.82 Å². The number of rotatable bonds is 2. The van der Waals surface area contributed by atoms with Crippen LogP contribution in [0.25, 0.3) is 0 Å². The van der Waals surface area contributed by atoms with Crippen LogP contribution >= 0.6 is 0 Å². The Morgan fingerprint density at radius 1 is 1.33 bits per heavy atom. The molecule has 0 amide bonds. The number of nitrogens with zero attached hydrogens (tertiary/aromatic N) is 3. The second kappa shape index (κ2) is 3.68. The predicted octanol–water partition coefficient (Wildman–Crippen LogP) is 1.36. The number of hydrogen-bond acceptors (Lipinski definition) is 3. The number of anilines is 1. The zero-order chi connectivity index (χ0) is 10.8. The zero-order valence-electron chi connectivity index (χ0n) is 8.31. The largest absolute Gasteiger partial charge is 0.381 e. The molecule has 5 heteroatoms. The smallest absolute Gasteiger partial charge is 0.168 e. The Hall–Kier alpha value is -1.91. The molecule has 1 aromatic carbocycles. The maximum atomic E-state index is 12.7. The number of halogens is 1. The van der Waals surface area contributed by atoms with Crippen LogP contribution in [0.5, 0.6) is 0 Å². The summed E-state index contributed by atoms with van der Waals surface area (Å²) >= 11 is 0. The second-order valence-corrected chi connectivity index (χ2v) is 3.34. The highest BCUT2D eigenvalue weighted by Gasteiger charge is 2.04. The van der Waals surface area contributed by atoms with Gasteiger partial charge in [-0.3, -0.25) is 0 Å². The lowest BCUT2D eigenvalue weighted by Gasteiger charge is -2.02. The first-order valence-electron chi connectivity index (χ1n) is 4.57. The average Bonchev–Trinajstić information content (AvgIpc) is 2.53. The van der Waals surface area contributed by atoms with Crippen molar-refractivity contribution in [3.63, 3.8) is 0 Å². The van der Waals surface area contributed by atoms with E-state index in [0.29, 0.717) is 12.4 Å². The summed E-state index contributed by atoms with van der Waals surface area (Å²) < 4.78 is 14.3. The molecule has 0 saturated heterocycles. The molecular weight excluding hydrogens is 195 g/mol. The Morgan fingerprint density at radius 2 is 2.00 bits per heavy atom. The maximum Gasteiger partial charge on any atom is 0.168 e. The number of hydrogen-bond donors (Lipinski definition) is 1. The van der Waals surface area contributed by atoms with Gasteiger partial charge in [0, 0.05) is 0 Å². The van der Waals surface area contributed by atoms with E-state index in [1.54, 1.807) is 16.8 Å². The van der Waals surface area contributed by atoms with Gasteiger partial charge < -0.3 is 5.73 Å². The highest BCUT2D eigenvalue weighted by atomic mass is 19.1. The summed E-state index contributed by atoms with van der Waals surface area (Å²) in [4.78, 5) is 0. The van der Waals surface area contributed by atoms with Gasteiger partial charge in [0.05, 0.1) is 12.2 Å². The normalized spacial score (nSPS) is 10.5. The lowest BCUT2D eigenvalue weighted by molar-refractivity contribution is 0.617. The van der Waals surface area contributed by atoms with E-state index in [0.717, 1.165) is 11.3 Å². The Morgan fingerprint density at radius 3 is 2.53 bits per heavy atom. The fourth-order valence-electron chi connectivity index (χ4n) is 1.29. The van der Waals surface area contributed by atoms with Gasteiger partial charge in [0.25, 0.3) is 0 Å². The van der Waals surface area contributed by atoms with Crippen molar-refractivity contribution in [1.82, 2.24) is 15.0 Å². The third kappa shape index (κ3) is 1.96. The van der Waals surface area contributed by atoms with Gasteiger partial charge in [0.15, 0.2) is 5.82 Å². The van der Waals surface area contributed by atoms with E-state index in [-0.39, 0.29) is 5.82 Å². The van der Waals surface area contributed by atoms with Crippen molar-refractivity contribution in [2.75, 3.05) is 5.73 Å². The molecule has 0 saturated carbocycles. The number of nitrogens with two attached hydrogens (primary N) is 1. The van der Waals surface area contributed by atoms with E-state index >= 15 is 0 Å². The highest BCUT2D eigenvalue weighted by Crippen LogP contribution is 2.09. The minimum atomic E-state index is -0.242. The molecule has 4 nitrogen and oxygen atoms in total. The number of benzene rings is 1. The maximum absolute atomic E-state index is 12.7. The third-order valence-corrected chi connectivity index (χ3v) is 2.26. The van der Waals surface area contributed by atoms with Crippen molar-refractivity contribution in [1.29, 1.82) is 0 Å². The fourth-order valence-corrected chi connectivity index (χ4v) is 1.29. The van der Waals surface area contributed by atoms with Gasteiger partial charge in [-0.25, -0.2) is 9.07 Å². The van der Waals surface area contributed by atoms with E-state index in [4.69, 9.17) is 5.73 Å². The molecule has 2 aromatic rings. The van der Waals surface area contributed by atoms with Crippen molar-refractivity contribution < 1.29 is 4.39 Å². The molecule has 0 unspecified atom stereocenters. The molecule has 0 aliphatic heterocycles. The van der Waals surface area contributed by atoms with Crippen molar-refractivity contribution in [2.24, 2.45) is 0 Å². The molecule has 78 valence electrons. The second-order valence-electron chi connectivity index (χ2n) is 3.34. The van der Waals surface area contributed by atoms with Crippen LogP contribution in [0, 0.1) is 12.7 Å². The SMILES string of the molecule is Cc1c(N)nnn1Cc1ccc(F)cc1. The van der Waals surface area contributed by atoms with Gasteiger partial charge in [-0.05, 0) is 24.6 Å².